The number of halogens is 2. The van der Waals surface area contributed by atoms with Gasteiger partial charge in [0.1, 0.15) is 0 Å². The third-order valence-electron chi connectivity index (χ3n) is 2.65. The van der Waals surface area contributed by atoms with Crippen molar-refractivity contribution in [1.29, 1.82) is 0 Å². The molecule has 0 saturated carbocycles. The summed E-state index contributed by atoms with van der Waals surface area (Å²) in [5, 5.41) is 0.841. The van der Waals surface area contributed by atoms with Crippen LogP contribution in [-0.2, 0) is 4.79 Å². The molecule has 5 heteroatoms. The molecule has 0 aromatic heterocycles. The summed E-state index contributed by atoms with van der Waals surface area (Å²) in [4.78, 5) is 24.9. The molecule has 1 aromatic carbocycles. The zero-order chi connectivity index (χ0) is 12.4. The van der Waals surface area contributed by atoms with Gasteiger partial charge in [-0.05, 0) is 24.6 Å². The molecule has 1 aliphatic rings. The quantitative estimate of drug-likeness (QED) is 0.788. The summed E-state index contributed by atoms with van der Waals surface area (Å²) >= 11 is 11.7. The highest BCUT2D eigenvalue weighted by Crippen LogP contribution is 2.21. The number of likely N-dealkylation sites (tertiary alicyclic amines) is 1. The van der Waals surface area contributed by atoms with Gasteiger partial charge in [0.25, 0.3) is 5.91 Å². The molecule has 0 radical (unpaired) electrons. The van der Waals surface area contributed by atoms with Crippen molar-refractivity contribution in [3.05, 3.63) is 33.8 Å². The number of benzene rings is 1. The second-order valence-electron chi connectivity index (χ2n) is 4.03. The molecule has 2 rings (SSSR count). The number of piperidine rings is 1. The first-order valence-corrected chi connectivity index (χ1v) is 6.09. The van der Waals surface area contributed by atoms with E-state index in [1.165, 1.54) is 4.90 Å². The maximum absolute atomic E-state index is 12.1. The molecule has 3 nitrogen and oxygen atoms in total. The number of amides is 1. The van der Waals surface area contributed by atoms with Crippen LogP contribution in [-0.4, -0.2) is 29.7 Å². The number of hydrogen-bond acceptors (Lipinski definition) is 2. The van der Waals surface area contributed by atoms with E-state index in [1.54, 1.807) is 18.2 Å². The van der Waals surface area contributed by atoms with Crippen molar-refractivity contribution in [3.63, 3.8) is 0 Å². The van der Waals surface area contributed by atoms with E-state index in [1.807, 2.05) is 0 Å². The topological polar surface area (TPSA) is 37.4 Å². The highest BCUT2D eigenvalue weighted by Gasteiger charge is 2.22. The Kier molecular flexibility index (Phi) is 3.69. The van der Waals surface area contributed by atoms with Crippen LogP contribution < -0.4 is 0 Å². The van der Waals surface area contributed by atoms with Crippen LogP contribution in [0.1, 0.15) is 23.2 Å². The molecule has 1 amide bonds. The third-order valence-corrected chi connectivity index (χ3v) is 3.08. The van der Waals surface area contributed by atoms with Gasteiger partial charge < -0.3 is 4.90 Å². The lowest BCUT2D eigenvalue weighted by Gasteiger charge is -2.25. The average Bonchev–Trinajstić information content (AvgIpc) is 2.26. The molecule has 1 aliphatic heterocycles. The van der Waals surface area contributed by atoms with Crippen molar-refractivity contribution >= 4 is 34.9 Å². The number of hydrogen-bond donors (Lipinski definition) is 0. The number of ketones is 1. The number of Topliss-reactive ketones (excluding diaryl/α,β-unsaturated/α-hetero) is 1. The Hall–Kier alpha value is -1.06. The SMILES string of the molecule is O=C1CCCN(C(=O)c2cc(Cl)cc(Cl)c2)C1. The first-order valence-electron chi connectivity index (χ1n) is 5.33. The van der Waals surface area contributed by atoms with Crippen LogP contribution in [0.25, 0.3) is 0 Å². The Morgan fingerprint density at radius 2 is 1.82 bits per heavy atom. The Labute approximate surface area is 109 Å². The molecule has 0 N–H and O–H groups in total. The molecular weight excluding hydrogens is 261 g/mol. The zero-order valence-corrected chi connectivity index (χ0v) is 10.6. The van der Waals surface area contributed by atoms with E-state index in [0.717, 1.165) is 6.42 Å². The van der Waals surface area contributed by atoms with Gasteiger partial charge in [0, 0.05) is 28.6 Å². The van der Waals surface area contributed by atoms with Gasteiger partial charge in [0.2, 0.25) is 0 Å². The number of carbonyl (C=O) groups is 2. The Morgan fingerprint density at radius 1 is 1.18 bits per heavy atom. The molecular formula is C12H11Cl2NO2. The van der Waals surface area contributed by atoms with Gasteiger partial charge in [-0.3, -0.25) is 9.59 Å². The van der Waals surface area contributed by atoms with Gasteiger partial charge in [0.15, 0.2) is 5.78 Å². The van der Waals surface area contributed by atoms with Gasteiger partial charge in [-0.2, -0.15) is 0 Å². The molecule has 0 atom stereocenters. The standard InChI is InChI=1S/C12H11Cl2NO2/c13-9-4-8(5-10(14)6-9)12(17)15-3-1-2-11(16)7-15/h4-6H,1-3,7H2. The van der Waals surface area contributed by atoms with E-state index < -0.39 is 0 Å². The third kappa shape index (κ3) is 2.99. The molecule has 0 spiro atoms. The van der Waals surface area contributed by atoms with Crippen LogP contribution in [0.3, 0.4) is 0 Å². The van der Waals surface area contributed by atoms with Crippen molar-refractivity contribution in [2.45, 2.75) is 12.8 Å². The van der Waals surface area contributed by atoms with Crippen LogP contribution in [0.4, 0.5) is 0 Å². The fourth-order valence-corrected chi connectivity index (χ4v) is 2.40. The molecule has 1 aromatic rings. The second-order valence-corrected chi connectivity index (χ2v) is 4.90. The van der Waals surface area contributed by atoms with E-state index >= 15 is 0 Å². The maximum atomic E-state index is 12.1. The van der Waals surface area contributed by atoms with Crippen molar-refractivity contribution < 1.29 is 9.59 Å². The van der Waals surface area contributed by atoms with Gasteiger partial charge in [-0.15, -0.1) is 0 Å². The minimum absolute atomic E-state index is 0.0951. The smallest absolute Gasteiger partial charge is 0.254 e. The minimum Gasteiger partial charge on any atom is -0.331 e. The van der Waals surface area contributed by atoms with E-state index in [0.29, 0.717) is 28.6 Å². The van der Waals surface area contributed by atoms with Crippen LogP contribution in [0.5, 0.6) is 0 Å². The zero-order valence-electron chi connectivity index (χ0n) is 9.08. The highest BCUT2D eigenvalue weighted by molar-refractivity contribution is 6.35. The maximum Gasteiger partial charge on any atom is 0.254 e. The molecule has 1 saturated heterocycles. The number of rotatable bonds is 1. The van der Waals surface area contributed by atoms with Crippen molar-refractivity contribution in [2.24, 2.45) is 0 Å². The Bertz CT molecular complexity index is 453. The van der Waals surface area contributed by atoms with Crippen LogP contribution in [0, 0.1) is 0 Å². The fraction of sp³-hybridized carbons (Fsp3) is 0.333. The molecule has 1 fully saturated rings. The van der Waals surface area contributed by atoms with Crippen LogP contribution >= 0.6 is 23.2 Å². The van der Waals surface area contributed by atoms with E-state index in [-0.39, 0.29) is 18.2 Å². The summed E-state index contributed by atoms with van der Waals surface area (Å²) in [6, 6.07) is 4.70. The first kappa shape index (κ1) is 12.4. The number of carbonyl (C=O) groups excluding carboxylic acids is 2. The van der Waals surface area contributed by atoms with Gasteiger partial charge in [-0.25, -0.2) is 0 Å². The largest absolute Gasteiger partial charge is 0.331 e. The molecule has 0 unspecified atom stereocenters. The first-order chi connectivity index (χ1) is 8.06. The van der Waals surface area contributed by atoms with Gasteiger partial charge in [-0.1, -0.05) is 23.2 Å². The molecule has 17 heavy (non-hydrogen) atoms. The predicted octanol–water partition coefficient (Wildman–Crippen LogP) is 2.80. The molecule has 1 heterocycles. The molecule has 0 bridgehead atoms. The van der Waals surface area contributed by atoms with Crippen LogP contribution in [0.2, 0.25) is 10.0 Å². The highest BCUT2D eigenvalue weighted by atomic mass is 35.5. The van der Waals surface area contributed by atoms with E-state index in [9.17, 15) is 9.59 Å². The molecule has 0 aliphatic carbocycles. The van der Waals surface area contributed by atoms with E-state index in [4.69, 9.17) is 23.2 Å². The van der Waals surface area contributed by atoms with Gasteiger partial charge >= 0.3 is 0 Å². The van der Waals surface area contributed by atoms with Crippen LogP contribution in [0.15, 0.2) is 18.2 Å². The summed E-state index contributed by atoms with van der Waals surface area (Å²) in [6.45, 7) is 0.789. The summed E-state index contributed by atoms with van der Waals surface area (Å²) in [5.74, 6) is -0.0971. The average molecular weight is 272 g/mol. The minimum atomic E-state index is -0.192. The van der Waals surface area contributed by atoms with E-state index in [2.05, 4.69) is 0 Å². The summed E-state index contributed by atoms with van der Waals surface area (Å²) in [7, 11) is 0. The lowest BCUT2D eigenvalue weighted by Crippen LogP contribution is -2.40. The van der Waals surface area contributed by atoms with Crippen molar-refractivity contribution in [2.75, 3.05) is 13.1 Å². The Morgan fingerprint density at radius 3 is 2.41 bits per heavy atom. The Balaban J connectivity index is 2.21. The summed E-state index contributed by atoms with van der Waals surface area (Å²) in [6.07, 6.45) is 1.28. The normalized spacial score (nSPS) is 16.1. The molecule has 90 valence electrons. The monoisotopic (exact) mass is 271 g/mol. The second kappa shape index (κ2) is 5.07. The summed E-state index contributed by atoms with van der Waals surface area (Å²) < 4.78 is 0. The van der Waals surface area contributed by atoms with Crippen molar-refractivity contribution in [3.8, 4) is 0 Å². The predicted molar refractivity (Wildman–Crippen MR) is 66.6 cm³/mol. The van der Waals surface area contributed by atoms with Crippen molar-refractivity contribution in [1.82, 2.24) is 4.90 Å². The lowest BCUT2D eigenvalue weighted by molar-refractivity contribution is -0.121. The van der Waals surface area contributed by atoms with Gasteiger partial charge in [0.05, 0.1) is 6.54 Å². The number of nitrogens with zero attached hydrogens (tertiary/aromatic N) is 1. The fourth-order valence-electron chi connectivity index (χ4n) is 1.87. The summed E-state index contributed by atoms with van der Waals surface area (Å²) in [5.41, 5.74) is 0.428. The lowest BCUT2D eigenvalue weighted by atomic mass is 10.1.